The Balaban J connectivity index is 1.24. The van der Waals surface area contributed by atoms with Crippen LogP contribution in [0.5, 0.6) is 0 Å². The Morgan fingerprint density at radius 2 is 1.73 bits per heavy atom. The van der Waals surface area contributed by atoms with Crippen molar-refractivity contribution in [1.82, 2.24) is 19.5 Å². The van der Waals surface area contributed by atoms with Gasteiger partial charge in [0.1, 0.15) is 5.82 Å². The van der Waals surface area contributed by atoms with E-state index in [-0.39, 0.29) is 16.6 Å². The molecule has 3 aromatic rings. The highest BCUT2D eigenvalue weighted by Gasteiger charge is 2.23. The summed E-state index contributed by atoms with van der Waals surface area (Å²) < 4.78 is 41.6. The molecule has 11 heteroatoms. The van der Waals surface area contributed by atoms with Gasteiger partial charge in [-0.15, -0.1) is 0 Å². The van der Waals surface area contributed by atoms with Gasteiger partial charge in [-0.1, -0.05) is 25.2 Å². The van der Waals surface area contributed by atoms with Crippen LogP contribution in [-0.4, -0.2) is 80.9 Å². The van der Waals surface area contributed by atoms with E-state index in [0.717, 1.165) is 60.9 Å². The Bertz CT molecular complexity index is 1300. The number of fused-ring (bicyclic) bond motifs is 1. The van der Waals surface area contributed by atoms with Crippen molar-refractivity contribution in [3.8, 4) is 0 Å². The van der Waals surface area contributed by atoms with Gasteiger partial charge >= 0.3 is 0 Å². The lowest BCUT2D eigenvalue weighted by atomic mass is 10.2. The lowest BCUT2D eigenvalue weighted by molar-refractivity contribution is 0.0947. The van der Waals surface area contributed by atoms with Crippen molar-refractivity contribution >= 4 is 42.6 Å². The van der Waals surface area contributed by atoms with Gasteiger partial charge in [0.15, 0.2) is 5.13 Å². The maximum absolute atomic E-state index is 13.5. The minimum absolute atomic E-state index is 0.210. The summed E-state index contributed by atoms with van der Waals surface area (Å²) in [5, 5.41) is 3.84. The van der Waals surface area contributed by atoms with E-state index in [9.17, 15) is 17.6 Å². The maximum Gasteiger partial charge on any atom is 0.251 e. The molecule has 0 atom stereocenters. The van der Waals surface area contributed by atoms with Gasteiger partial charge in [0.25, 0.3) is 5.91 Å². The van der Waals surface area contributed by atoms with Gasteiger partial charge in [-0.3, -0.25) is 9.69 Å². The zero-order chi connectivity index (χ0) is 26.4. The van der Waals surface area contributed by atoms with Crippen molar-refractivity contribution < 1.29 is 17.6 Å². The Morgan fingerprint density at radius 1 is 1.05 bits per heavy atom. The molecule has 37 heavy (non-hydrogen) atoms. The molecule has 0 spiro atoms. The quantitative estimate of drug-likeness (QED) is 0.393. The van der Waals surface area contributed by atoms with Crippen molar-refractivity contribution in [2.24, 2.45) is 0 Å². The normalized spacial score (nSPS) is 15.0. The van der Waals surface area contributed by atoms with E-state index in [1.165, 1.54) is 39.9 Å². The second kappa shape index (κ2) is 12.3. The highest BCUT2D eigenvalue weighted by molar-refractivity contribution is 7.89. The lowest BCUT2D eigenvalue weighted by Gasteiger charge is -2.34. The van der Waals surface area contributed by atoms with Crippen molar-refractivity contribution in [1.29, 1.82) is 0 Å². The maximum atomic E-state index is 13.5. The number of amides is 1. The highest BCUT2D eigenvalue weighted by atomic mass is 32.2. The van der Waals surface area contributed by atoms with Crippen LogP contribution in [0.15, 0.2) is 47.4 Å². The predicted molar refractivity (Wildman–Crippen MR) is 146 cm³/mol. The molecule has 0 aliphatic carbocycles. The summed E-state index contributed by atoms with van der Waals surface area (Å²) in [6.45, 7) is 9.42. The fraction of sp³-hybridized carbons (Fsp3) is 0.462. The molecule has 1 N–H and O–H groups in total. The number of nitrogens with zero attached hydrogens (tertiary/aromatic N) is 4. The van der Waals surface area contributed by atoms with Gasteiger partial charge < -0.3 is 10.2 Å². The SMILES string of the molecule is CCCN(CCC)S(=O)(=O)c1ccc(C(=O)NCCN2CCN(c3nc4ccc(F)cc4s3)CC2)cc1. The Morgan fingerprint density at radius 3 is 2.38 bits per heavy atom. The second-order valence-electron chi connectivity index (χ2n) is 9.12. The number of thiazole rings is 1. The van der Waals surface area contributed by atoms with Crippen LogP contribution in [0.3, 0.4) is 0 Å². The first kappa shape index (κ1) is 27.4. The largest absolute Gasteiger partial charge is 0.351 e. The number of nitrogens with one attached hydrogen (secondary N) is 1. The summed E-state index contributed by atoms with van der Waals surface area (Å²) in [4.78, 5) is 21.9. The van der Waals surface area contributed by atoms with Gasteiger partial charge in [-0.05, 0) is 55.3 Å². The molecular weight excluding hydrogens is 513 g/mol. The number of hydrogen-bond acceptors (Lipinski definition) is 7. The van der Waals surface area contributed by atoms with Crippen LogP contribution in [0.2, 0.25) is 0 Å². The van der Waals surface area contributed by atoms with E-state index in [1.54, 1.807) is 18.2 Å². The summed E-state index contributed by atoms with van der Waals surface area (Å²) in [6.07, 6.45) is 1.50. The van der Waals surface area contributed by atoms with Gasteiger partial charge in [0, 0.05) is 57.9 Å². The number of halogens is 1. The number of anilines is 1. The molecule has 2 aromatic carbocycles. The summed E-state index contributed by atoms with van der Waals surface area (Å²) in [7, 11) is -3.56. The molecule has 2 heterocycles. The number of carbonyl (C=O) groups excluding carboxylic acids is 1. The lowest BCUT2D eigenvalue weighted by Crippen LogP contribution is -2.48. The molecule has 1 aromatic heterocycles. The van der Waals surface area contributed by atoms with Crippen molar-refractivity contribution in [3.63, 3.8) is 0 Å². The molecule has 4 rings (SSSR count). The van der Waals surface area contributed by atoms with Crippen molar-refractivity contribution in [2.45, 2.75) is 31.6 Å². The zero-order valence-corrected chi connectivity index (χ0v) is 23.0. The smallest absolute Gasteiger partial charge is 0.251 e. The third-order valence-electron chi connectivity index (χ3n) is 6.40. The summed E-state index contributed by atoms with van der Waals surface area (Å²) in [5.41, 5.74) is 1.25. The van der Waals surface area contributed by atoms with Crippen LogP contribution in [0.4, 0.5) is 9.52 Å². The first-order chi connectivity index (χ1) is 17.8. The molecular formula is C26H34FN5O3S2. The number of aromatic nitrogens is 1. The molecule has 1 saturated heterocycles. The van der Waals surface area contributed by atoms with Crippen LogP contribution in [0.25, 0.3) is 10.2 Å². The molecule has 1 fully saturated rings. The van der Waals surface area contributed by atoms with Crippen LogP contribution >= 0.6 is 11.3 Å². The summed E-state index contributed by atoms with van der Waals surface area (Å²) in [5.74, 6) is -0.468. The van der Waals surface area contributed by atoms with E-state index >= 15 is 0 Å². The molecule has 8 nitrogen and oxygen atoms in total. The second-order valence-corrected chi connectivity index (χ2v) is 12.1. The summed E-state index contributed by atoms with van der Waals surface area (Å²) in [6, 6.07) is 10.8. The number of sulfonamides is 1. The molecule has 1 aliphatic heterocycles. The van der Waals surface area contributed by atoms with Gasteiger partial charge in [0.05, 0.1) is 15.1 Å². The molecule has 1 aliphatic rings. The van der Waals surface area contributed by atoms with Crippen LogP contribution in [0.1, 0.15) is 37.0 Å². The van der Waals surface area contributed by atoms with Gasteiger partial charge in [-0.2, -0.15) is 4.31 Å². The average molecular weight is 548 g/mol. The number of benzene rings is 2. The minimum Gasteiger partial charge on any atom is -0.351 e. The van der Waals surface area contributed by atoms with E-state index in [4.69, 9.17) is 0 Å². The molecule has 0 unspecified atom stereocenters. The summed E-state index contributed by atoms with van der Waals surface area (Å²) >= 11 is 1.51. The molecule has 0 radical (unpaired) electrons. The standard InChI is InChI=1S/C26H34FN5O3S2/c1-3-12-32(13-4-2)37(34,35)22-8-5-20(6-9-22)25(33)28-11-14-30-15-17-31(18-16-30)26-29-23-10-7-21(27)19-24(23)36-26/h5-10,19H,3-4,11-18H2,1-2H3,(H,28,33). The van der Waals surface area contributed by atoms with Crippen molar-refractivity contribution in [3.05, 3.63) is 53.8 Å². The highest BCUT2D eigenvalue weighted by Crippen LogP contribution is 2.29. The molecule has 0 saturated carbocycles. The first-order valence-electron chi connectivity index (χ1n) is 12.7. The fourth-order valence-corrected chi connectivity index (χ4v) is 7.06. The van der Waals surface area contributed by atoms with Gasteiger partial charge in [0.2, 0.25) is 10.0 Å². The minimum atomic E-state index is -3.56. The average Bonchev–Trinajstić information content (AvgIpc) is 3.32. The number of rotatable bonds is 11. The monoisotopic (exact) mass is 547 g/mol. The third-order valence-corrected chi connectivity index (χ3v) is 9.39. The Kier molecular flexibility index (Phi) is 9.12. The first-order valence-corrected chi connectivity index (χ1v) is 15.0. The number of carbonyl (C=O) groups is 1. The molecule has 0 bridgehead atoms. The van der Waals surface area contributed by atoms with E-state index in [0.29, 0.717) is 25.2 Å². The van der Waals surface area contributed by atoms with Crippen LogP contribution in [-0.2, 0) is 10.0 Å². The van der Waals surface area contributed by atoms with Crippen LogP contribution in [0, 0.1) is 5.82 Å². The fourth-order valence-electron chi connectivity index (χ4n) is 4.39. The van der Waals surface area contributed by atoms with Crippen molar-refractivity contribution in [2.75, 3.05) is 57.3 Å². The Labute approximate surface area is 222 Å². The molecule has 1 amide bonds. The van der Waals surface area contributed by atoms with Gasteiger partial charge in [-0.25, -0.2) is 17.8 Å². The zero-order valence-electron chi connectivity index (χ0n) is 21.3. The Hall–Kier alpha value is -2.60. The van der Waals surface area contributed by atoms with E-state index < -0.39 is 10.0 Å². The predicted octanol–water partition coefficient (Wildman–Crippen LogP) is 3.80. The third kappa shape index (κ3) is 6.64. The van der Waals surface area contributed by atoms with E-state index in [2.05, 4.69) is 20.1 Å². The molecule has 200 valence electrons. The van der Waals surface area contributed by atoms with E-state index in [1.807, 2.05) is 13.8 Å². The van der Waals surface area contributed by atoms with Crippen LogP contribution < -0.4 is 10.2 Å². The number of hydrogen-bond donors (Lipinski definition) is 1. The topological polar surface area (TPSA) is 85.8 Å². The number of piperazine rings is 1.